The molecule has 2 aromatic heterocycles. The van der Waals surface area contributed by atoms with Gasteiger partial charge in [0.15, 0.2) is 0 Å². The van der Waals surface area contributed by atoms with Crippen molar-refractivity contribution in [3.8, 4) is 11.3 Å². The Hall–Kier alpha value is -2.30. The lowest BCUT2D eigenvalue weighted by Gasteiger charge is -2.00. The normalized spacial score (nSPS) is 10.1. The van der Waals surface area contributed by atoms with Crippen molar-refractivity contribution in [3.63, 3.8) is 0 Å². The number of rotatable bonds is 2. The van der Waals surface area contributed by atoms with E-state index in [1.54, 1.807) is 0 Å². The maximum atomic E-state index is 12.6. The third kappa shape index (κ3) is 2.03. The molecule has 0 atom stereocenters. The van der Waals surface area contributed by atoms with Crippen LogP contribution in [0.4, 0.5) is 4.39 Å². The van der Waals surface area contributed by atoms with Gasteiger partial charge in [0.2, 0.25) is 0 Å². The number of hydrogen-bond acceptors (Lipinski definition) is 3. The number of carbonyl (C=O) groups is 1. The lowest BCUT2D eigenvalue weighted by molar-refractivity contribution is 0.0696. The third-order valence-corrected chi connectivity index (χ3v) is 2.01. The van der Waals surface area contributed by atoms with Crippen LogP contribution in [-0.2, 0) is 0 Å². The number of carboxylic acid groups (broad SMARTS) is 1. The molecule has 0 amide bonds. The minimum atomic E-state index is -1.06. The number of pyridine rings is 2. The van der Waals surface area contributed by atoms with Gasteiger partial charge in [0.1, 0.15) is 5.82 Å². The molecule has 16 heavy (non-hydrogen) atoms. The van der Waals surface area contributed by atoms with E-state index in [0.717, 1.165) is 6.20 Å². The van der Waals surface area contributed by atoms with Crippen LogP contribution in [0, 0.1) is 5.82 Å². The maximum absolute atomic E-state index is 12.6. The Kier molecular flexibility index (Phi) is 2.59. The molecular weight excluding hydrogens is 211 g/mol. The van der Waals surface area contributed by atoms with Crippen molar-refractivity contribution in [2.45, 2.75) is 0 Å². The fourth-order valence-electron chi connectivity index (χ4n) is 1.24. The molecule has 80 valence electrons. The number of hydrogen-bond donors (Lipinski definition) is 1. The molecule has 0 aliphatic carbocycles. The summed E-state index contributed by atoms with van der Waals surface area (Å²) in [5.41, 5.74) is 1.10. The van der Waals surface area contributed by atoms with Crippen molar-refractivity contribution < 1.29 is 14.3 Å². The second-order valence-electron chi connectivity index (χ2n) is 3.13. The van der Waals surface area contributed by atoms with E-state index in [9.17, 15) is 9.18 Å². The third-order valence-electron chi connectivity index (χ3n) is 2.01. The van der Waals surface area contributed by atoms with E-state index in [-0.39, 0.29) is 5.56 Å². The highest BCUT2D eigenvalue weighted by molar-refractivity contribution is 5.88. The van der Waals surface area contributed by atoms with E-state index in [1.807, 2.05) is 0 Å². The van der Waals surface area contributed by atoms with Crippen LogP contribution in [0.15, 0.2) is 36.8 Å². The first-order chi connectivity index (χ1) is 7.66. The van der Waals surface area contributed by atoms with Crippen LogP contribution >= 0.6 is 0 Å². The van der Waals surface area contributed by atoms with Crippen LogP contribution in [0.1, 0.15) is 10.4 Å². The van der Waals surface area contributed by atoms with Crippen LogP contribution in [0.2, 0.25) is 0 Å². The molecule has 2 rings (SSSR count). The van der Waals surface area contributed by atoms with Crippen molar-refractivity contribution in [1.82, 2.24) is 9.97 Å². The molecule has 0 fully saturated rings. The van der Waals surface area contributed by atoms with E-state index in [1.165, 1.54) is 30.6 Å². The molecule has 0 unspecified atom stereocenters. The number of nitrogens with zero attached hydrogens (tertiary/aromatic N) is 2. The van der Waals surface area contributed by atoms with Gasteiger partial charge >= 0.3 is 5.97 Å². The molecule has 1 N–H and O–H groups in total. The highest BCUT2D eigenvalue weighted by atomic mass is 19.1. The van der Waals surface area contributed by atoms with Gasteiger partial charge in [-0.3, -0.25) is 9.97 Å². The molecule has 0 saturated carbocycles. The number of carboxylic acids is 1. The fraction of sp³-hybridized carbons (Fsp3) is 0. The average Bonchev–Trinajstić information content (AvgIpc) is 2.30. The maximum Gasteiger partial charge on any atom is 0.337 e. The minimum absolute atomic E-state index is 0.0728. The van der Waals surface area contributed by atoms with Gasteiger partial charge in [-0.05, 0) is 18.2 Å². The van der Waals surface area contributed by atoms with Gasteiger partial charge in [0, 0.05) is 18.0 Å². The summed E-state index contributed by atoms with van der Waals surface area (Å²) >= 11 is 0. The smallest absolute Gasteiger partial charge is 0.337 e. The first-order valence-electron chi connectivity index (χ1n) is 4.47. The molecule has 0 aliphatic rings. The molecule has 0 aromatic carbocycles. The van der Waals surface area contributed by atoms with Crippen molar-refractivity contribution >= 4 is 5.97 Å². The lowest BCUT2D eigenvalue weighted by atomic mass is 10.1. The Morgan fingerprint density at radius 3 is 2.69 bits per heavy atom. The van der Waals surface area contributed by atoms with E-state index in [4.69, 9.17) is 5.11 Å². The molecule has 0 saturated heterocycles. The van der Waals surface area contributed by atoms with Crippen LogP contribution in [0.5, 0.6) is 0 Å². The Morgan fingerprint density at radius 2 is 2.06 bits per heavy atom. The summed E-state index contributed by atoms with van der Waals surface area (Å²) in [7, 11) is 0. The topological polar surface area (TPSA) is 63.1 Å². The van der Waals surface area contributed by atoms with Crippen LogP contribution in [0.3, 0.4) is 0 Å². The summed E-state index contributed by atoms with van der Waals surface area (Å²) in [5, 5.41) is 8.78. The van der Waals surface area contributed by atoms with Gasteiger partial charge < -0.3 is 5.11 Å². The highest BCUT2D eigenvalue weighted by Gasteiger charge is 2.06. The zero-order valence-electron chi connectivity index (χ0n) is 8.09. The van der Waals surface area contributed by atoms with Crippen molar-refractivity contribution in [2.75, 3.05) is 0 Å². The van der Waals surface area contributed by atoms with E-state index >= 15 is 0 Å². The fourth-order valence-corrected chi connectivity index (χ4v) is 1.24. The van der Waals surface area contributed by atoms with Gasteiger partial charge in [-0.25, -0.2) is 9.18 Å². The first kappa shape index (κ1) is 10.2. The quantitative estimate of drug-likeness (QED) is 0.837. The molecule has 2 heterocycles. The van der Waals surface area contributed by atoms with Gasteiger partial charge in [0.05, 0.1) is 17.5 Å². The number of aromatic nitrogens is 2. The summed E-state index contributed by atoms with van der Waals surface area (Å²) < 4.78 is 12.6. The van der Waals surface area contributed by atoms with Crippen molar-refractivity contribution in [3.05, 3.63) is 48.2 Å². The summed E-state index contributed by atoms with van der Waals surface area (Å²) in [6.45, 7) is 0. The predicted molar refractivity (Wildman–Crippen MR) is 54.4 cm³/mol. The molecule has 0 bridgehead atoms. The largest absolute Gasteiger partial charge is 0.478 e. The van der Waals surface area contributed by atoms with Crippen LogP contribution in [0.25, 0.3) is 11.3 Å². The summed E-state index contributed by atoms with van der Waals surface area (Å²) in [6, 6.07) is 4.17. The molecule has 0 aliphatic heterocycles. The Balaban J connectivity index is 2.44. The average molecular weight is 218 g/mol. The molecular formula is C11H7FN2O2. The van der Waals surface area contributed by atoms with Gasteiger partial charge in [-0.1, -0.05) is 0 Å². The van der Waals surface area contributed by atoms with E-state index in [0.29, 0.717) is 11.3 Å². The zero-order valence-corrected chi connectivity index (χ0v) is 8.09. The minimum Gasteiger partial charge on any atom is -0.478 e. The van der Waals surface area contributed by atoms with E-state index < -0.39 is 11.8 Å². The zero-order chi connectivity index (χ0) is 11.5. The predicted octanol–water partition coefficient (Wildman–Crippen LogP) is 1.98. The molecule has 0 radical (unpaired) electrons. The molecule has 0 spiro atoms. The van der Waals surface area contributed by atoms with Gasteiger partial charge in [-0.2, -0.15) is 0 Å². The van der Waals surface area contributed by atoms with Crippen LogP contribution < -0.4 is 0 Å². The first-order valence-corrected chi connectivity index (χ1v) is 4.47. The SMILES string of the molecule is O=C(O)c1cncc(-c2ccc(F)cn2)c1. The lowest BCUT2D eigenvalue weighted by Crippen LogP contribution is -1.97. The van der Waals surface area contributed by atoms with Crippen molar-refractivity contribution in [2.24, 2.45) is 0 Å². The Bertz CT molecular complexity index is 526. The highest BCUT2D eigenvalue weighted by Crippen LogP contribution is 2.16. The Labute approximate surface area is 90.4 Å². The summed E-state index contributed by atoms with van der Waals surface area (Å²) in [6.07, 6.45) is 3.80. The number of halogens is 1. The van der Waals surface area contributed by atoms with Crippen molar-refractivity contribution in [1.29, 1.82) is 0 Å². The van der Waals surface area contributed by atoms with Gasteiger partial charge in [0.25, 0.3) is 0 Å². The van der Waals surface area contributed by atoms with E-state index in [2.05, 4.69) is 9.97 Å². The second-order valence-corrected chi connectivity index (χ2v) is 3.13. The number of aromatic carboxylic acids is 1. The monoisotopic (exact) mass is 218 g/mol. The summed E-state index contributed by atoms with van der Waals surface area (Å²) in [4.78, 5) is 18.3. The molecule has 4 nitrogen and oxygen atoms in total. The van der Waals surface area contributed by atoms with Crippen LogP contribution in [-0.4, -0.2) is 21.0 Å². The standard InChI is InChI=1S/C11H7FN2O2/c12-9-1-2-10(14-6-9)7-3-8(11(15)16)5-13-4-7/h1-6H,(H,15,16). The second kappa shape index (κ2) is 4.06. The molecule has 5 heteroatoms. The Morgan fingerprint density at radius 1 is 1.25 bits per heavy atom. The molecule has 2 aromatic rings. The van der Waals surface area contributed by atoms with Gasteiger partial charge in [-0.15, -0.1) is 0 Å². The summed E-state index contributed by atoms with van der Waals surface area (Å²) in [5.74, 6) is -1.50.